The highest BCUT2D eigenvalue weighted by atomic mass is 16.5. The van der Waals surface area contributed by atoms with E-state index in [1.54, 1.807) is 24.3 Å². The number of amides is 2. The van der Waals surface area contributed by atoms with Gasteiger partial charge in [0.25, 0.3) is 11.8 Å². The Bertz CT molecular complexity index is 931. The minimum atomic E-state index is -0.249. The van der Waals surface area contributed by atoms with Crippen LogP contribution in [0.2, 0.25) is 0 Å². The van der Waals surface area contributed by atoms with Crippen LogP contribution in [-0.4, -0.2) is 16.7 Å². The van der Waals surface area contributed by atoms with Crippen molar-refractivity contribution in [3.8, 4) is 5.75 Å². The van der Waals surface area contributed by atoms with E-state index in [1.807, 2.05) is 54.6 Å². The zero-order valence-electron chi connectivity index (χ0n) is 14.1. The minimum absolute atomic E-state index is 0.231. The van der Waals surface area contributed by atoms with Crippen LogP contribution in [0.3, 0.4) is 0 Å². The van der Waals surface area contributed by atoms with Gasteiger partial charge < -0.3 is 4.74 Å². The predicted molar refractivity (Wildman–Crippen MR) is 97.9 cm³/mol. The smallest absolute Gasteiger partial charge is 0.261 e. The second kappa shape index (κ2) is 6.84. The fraction of sp³-hybridized carbons (Fsp3) is 0.0909. The van der Waals surface area contributed by atoms with Gasteiger partial charge in [0.1, 0.15) is 12.4 Å². The first kappa shape index (κ1) is 16.1. The lowest BCUT2D eigenvalue weighted by Gasteiger charge is -2.15. The average Bonchev–Trinajstić information content (AvgIpc) is 2.93. The van der Waals surface area contributed by atoms with Crippen molar-refractivity contribution in [3.05, 3.63) is 101 Å². The summed E-state index contributed by atoms with van der Waals surface area (Å²) in [6, 6.07) is 24.3. The number of hydrogen-bond acceptors (Lipinski definition) is 3. The molecule has 0 bridgehead atoms. The van der Waals surface area contributed by atoms with Crippen molar-refractivity contribution in [3.63, 3.8) is 0 Å². The third-order valence-electron chi connectivity index (χ3n) is 4.37. The molecular weight excluding hydrogens is 326 g/mol. The summed E-state index contributed by atoms with van der Waals surface area (Å²) in [5.41, 5.74) is 2.87. The lowest BCUT2D eigenvalue weighted by atomic mass is 10.1. The highest BCUT2D eigenvalue weighted by molar-refractivity contribution is 6.21. The Morgan fingerprint density at radius 2 is 1.31 bits per heavy atom. The Labute approximate surface area is 151 Å². The van der Waals surface area contributed by atoms with E-state index in [-0.39, 0.29) is 18.4 Å². The molecule has 3 aromatic carbocycles. The Hall–Kier alpha value is -3.40. The standard InChI is InChI=1S/C22H17NO3/c24-21-19-11-4-5-12-20(19)22(25)23(21)14-17-9-6-10-18(13-17)26-15-16-7-2-1-3-8-16/h1-13H,14-15H2. The van der Waals surface area contributed by atoms with Crippen LogP contribution in [0.15, 0.2) is 78.9 Å². The molecule has 128 valence electrons. The third-order valence-corrected chi connectivity index (χ3v) is 4.37. The molecule has 4 nitrogen and oxygen atoms in total. The fourth-order valence-corrected chi connectivity index (χ4v) is 3.04. The molecular formula is C22H17NO3. The van der Waals surface area contributed by atoms with Gasteiger partial charge in [-0.05, 0) is 35.4 Å². The maximum Gasteiger partial charge on any atom is 0.261 e. The quantitative estimate of drug-likeness (QED) is 0.656. The van der Waals surface area contributed by atoms with Gasteiger partial charge in [-0.1, -0.05) is 54.6 Å². The second-order valence-electron chi connectivity index (χ2n) is 6.16. The Morgan fingerprint density at radius 3 is 2.00 bits per heavy atom. The molecule has 4 rings (SSSR count). The third kappa shape index (κ3) is 3.09. The molecule has 2 amide bonds. The molecule has 0 saturated carbocycles. The Morgan fingerprint density at radius 1 is 0.692 bits per heavy atom. The van der Waals surface area contributed by atoms with E-state index in [2.05, 4.69) is 0 Å². The normalized spacial score (nSPS) is 13.0. The average molecular weight is 343 g/mol. The Kier molecular flexibility index (Phi) is 4.23. The molecule has 0 spiro atoms. The van der Waals surface area contributed by atoms with Gasteiger partial charge in [0.15, 0.2) is 0 Å². The molecule has 0 fully saturated rings. The van der Waals surface area contributed by atoms with E-state index >= 15 is 0 Å². The Balaban J connectivity index is 1.48. The number of nitrogens with zero attached hydrogens (tertiary/aromatic N) is 1. The van der Waals surface area contributed by atoms with Gasteiger partial charge in [-0.25, -0.2) is 0 Å². The lowest BCUT2D eigenvalue weighted by molar-refractivity contribution is 0.0642. The van der Waals surface area contributed by atoms with Crippen molar-refractivity contribution in [1.29, 1.82) is 0 Å². The number of imide groups is 1. The minimum Gasteiger partial charge on any atom is -0.489 e. The van der Waals surface area contributed by atoms with Gasteiger partial charge in [0.2, 0.25) is 0 Å². The second-order valence-corrected chi connectivity index (χ2v) is 6.16. The number of hydrogen-bond donors (Lipinski definition) is 0. The first-order valence-electron chi connectivity index (χ1n) is 8.43. The molecule has 0 N–H and O–H groups in total. The van der Waals surface area contributed by atoms with Crippen molar-refractivity contribution >= 4 is 11.8 Å². The molecule has 1 aliphatic rings. The molecule has 0 unspecified atom stereocenters. The van der Waals surface area contributed by atoms with Gasteiger partial charge in [-0.2, -0.15) is 0 Å². The van der Waals surface area contributed by atoms with Gasteiger partial charge in [-0.3, -0.25) is 14.5 Å². The summed E-state index contributed by atoms with van der Waals surface area (Å²) >= 11 is 0. The van der Waals surface area contributed by atoms with E-state index < -0.39 is 0 Å². The number of carbonyl (C=O) groups is 2. The van der Waals surface area contributed by atoms with Crippen molar-refractivity contribution < 1.29 is 14.3 Å². The van der Waals surface area contributed by atoms with E-state index in [1.165, 1.54) is 4.90 Å². The predicted octanol–water partition coefficient (Wildman–Crippen LogP) is 4.06. The van der Waals surface area contributed by atoms with Crippen molar-refractivity contribution in [2.45, 2.75) is 13.2 Å². The SMILES string of the molecule is O=C1c2ccccc2C(=O)N1Cc1cccc(OCc2ccccc2)c1. The molecule has 1 heterocycles. The monoisotopic (exact) mass is 343 g/mol. The molecule has 3 aromatic rings. The zero-order chi connectivity index (χ0) is 17.9. The van der Waals surface area contributed by atoms with E-state index in [4.69, 9.17) is 4.74 Å². The van der Waals surface area contributed by atoms with Crippen LogP contribution in [-0.2, 0) is 13.2 Å². The van der Waals surface area contributed by atoms with Crippen LogP contribution in [0.25, 0.3) is 0 Å². The lowest BCUT2D eigenvalue weighted by Crippen LogP contribution is -2.29. The number of fused-ring (bicyclic) bond motifs is 1. The summed E-state index contributed by atoms with van der Waals surface area (Å²) in [5, 5.41) is 0. The van der Waals surface area contributed by atoms with Crippen molar-refractivity contribution in [2.24, 2.45) is 0 Å². The topological polar surface area (TPSA) is 46.6 Å². The molecule has 0 radical (unpaired) electrons. The number of rotatable bonds is 5. The van der Waals surface area contributed by atoms with Crippen LogP contribution in [0.1, 0.15) is 31.8 Å². The first-order chi connectivity index (χ1) is 12.7. The van der Waals surface area contributed by atoms with Crippen molar-refractivity contribution in [2.75, 3.05) is 0 Å². The number of ether oxygens (including phenoxy) is 1. The van der Waals surface area contributed by atoms with Gasteiger partial charge >= 0.3 is 0 Å². The van der Waals surface area contributed by atoms with Gasteiger partial charge in [0.05, 0.1) is 17.7 Å². The molecule has 1 aliphatic heterocycles. The highest BCUT2D eigenvalue weighted by Gasteiger charge is 2.34. The maximum absolute atomic E-state index is 12.5. The largest absolute Gasteiger partial charge is 0.489 e. The summed E-state index contributed by atoms with van der Waals surface area (Å²) in [4.78, 5) is 26.2. The number of carbonyl (C=O) groups excluding carboxylic acids is 2. The van der Waals surface area contributed by atoms with Crippen LogP contribution in [0, 0.1) is 0 Å². The number of benzene rings is 3. The van der Waals surface area contributed by atoms with Crippen LogP contribution < -0.4 is 4.74 Å². The summed E-state index contributed by atoms with van der Waals surface area (Å²) < 4.78 is 5.82. The molecule has 0 aromatic heterocycles. The van der Waals surface area contributed by atoms with Crippen LogP contribution >= 0.6 is 0 Å². The molecule has 0 saturated heterocycles. The van der Waals surface area contributed by atoms with E-state index in [0.717, 1.165) is 11.1 Å². The summed E-state index contributed by atoms with van der Waals surface area (Å²) in [6.07, 6.45) is 0. The molecule has 4 heteroatoms. The van der Waals surface area contributed by atoms with Crippen LogP contribution in [0.5, 0.6) is 5.75 Å². The zero-order valence-corrected chi connectivity index (χ0v) is 14.1. The fourth-order valence-electron chi connectivity index (χ4n) is 3.04. The first-order valence-corrected chi connectivity index (χ1v) is 8.43. The summed E-state index contributed by atoms with van der Waals surface area (Å²) in [7, 11) is 0. The van der Waals surface area contributed by atoms with Gasteiger partial charge in [-0.15, -0.1) is 0 Å². The molecule has 26 heavy (non-hydrogen) atoms. The summed E-state index contributed by atoms with van der Waals surface area (Å²) in [6.45, 7) is 0.701. The van der Waals surface area contributed by atoms with E-state index in [9.17, 15) is 9.59 Å². The molecule has 0 atom stereocenters. The summed E-state index contributed by atoms with van der Waals surface area (Å²) in [5.74, 6) is 0.213. The van der Waals surface area contributed by atoms with Gasteiger partial charge in [0, 0.05) is 0 Å². The van der Waals surface area contributed by atoms with E-state index in [0.29, 0.717) is 23.5 Å². The van der Waals surface area contributed by atoms with Crippen molar-refractivity contribution in [1.82, 2.24) is 4.90 Å². The van der Waals surface area contributed by atoms with Crippen LogP contribution in [0.4, 0.5) is 0 Å². The highest BCUT2D eigenvalue weighted by Crippen LogP contribution is 2.25. The molecule has 0 aliphatic carbocycles. The maximum atomic E-state index is 12.5.